The Balaban J connectivity index is 2.28. The van der Waals surface area contributed by atoms with Crippen molar-refractivity contribution in [3.05, 3.63) is 17.5 Å². The zero-order chi connectivity index (χ0) is 10.8. The monoisotopic (exact) mass is 209 g/mol. The van der Waals surface area contributed by atoms with Crippen LogP contribution in [0.5, 0.6) is 0 Å². The second-order valence-electron chi connectivity index (χ2n) is 3.95. The minimum atomic E-state index is -0.885. The maximum Gasteiger partial charge on any atom is 0.339 e. The molecule has 1 saturated heterocycles. The molecule has 1 fully saturated rings. The van der Waals surface area contributed by atoms with Crippen molar-refractivity contribution < 1.29 is 9.90 Å². The van der Waals surface area contributed by atoms with Crippen LogP contribution in [-0.4, -0.2) is 33.9 Å². The van der Waals surface area contributed by atoms with Crippen LogP contribution in [0.25, 0.3) is 0 Å². The van der Waals surface area contributed by atoms with Crippen molar-refractivity contribution >= 4 is 5.97 Å². The third kappa shape index (κ3) is 2.02. The lowest BCUT2D eigenvalue weighted by molar-refractivity contribution is 0.0695. The van der Waals surface area contributed by atoms with Gasteiger partial charge in [0.2, 0.25) is 0 Å². The van der Waals surface area contributed by atoms with Crippen LogP contribution in [0.15, 0.2) is 6.20 Å². The minimum absolute atomic E-state index is 0.242. The lowest BCUT2D eigenvalue weighted by Crippen LogP contribution is -2.29. The Bertz CT molecular complexity index is 367. The predicted molar refractivity (Wildman–Crippen MR) is 55.0 cm³/mol. The molecule has 1 aliphatic heterocycles. The van der Waals surface area contributed by atoms with E-state index in [0.717, 1.165) is 31.6 Å². The fourth-order valence-electron chi connectivity index (χ4n) is 2.06. The highest BCUT2D eigenvalue weighted by Crippen LogP contribution is 2.24. The number of hydrogen-bond acceptors (Lipinski definition) is 3. The summed E-state index contributed by atoms with van der Waals surface area (Å²) in [4.78, 5) is 11.0. The summed E-state index contributed by atoms with van der Waals surface area (Å²) in [5.41, 5.74) is 1.06. The molecule has 0 bridgehead atoms. The number of nitrogens with zero attached hydrogens (tertiary/aromatic N) is 2. The highest BCUT2D eigenvalue weighted by molar-refractivity contribution is 5.88. The van der Waals surface area contributed by atoms with Crippen LogP contribution in [0.3, 0.4) is 0 Å². The zero-order valence-electron chi connectivity index (χ0n) is 8.73. The molecule has 1 aromatic rings. The summed E-state index contributed by atoms with van der Waals surface area (Å²) in [7, 11) is 1.76. The largest absolute Gasteiger partial charge is 0.478 e. The van der Waals surface area contributed by atoms with Gasteiger partial charge in [-0.05, 0) is 19.4 Å². The number of hydrogen-bond donors (Lipinski definition) is 2. The lowest BCUT2D eigenvalue weighted by Gasteiger charge is -2.21. The first-order valence-corrected chi connectivity index (χ1v) is 5.16. The number of rotatable bonds is 2. The fraction of sp³-hybridized carbons (Fsp3) is 0.600. The van der Waals surface area contributed by atoms with Gasteiger partial charge in [-0.25, -0.2) is 4.79 Å². The standard InChI is InChI=1S/C10H15N3O2/c1-13-6-8(10(14)15)9(12-13)7-3-2-4-11-5-7/h6-7,11H,2-5H2,1H3,(H,14,15)/t7-/m1/s1. The summed E-state index contributed by atoms with van der Waals surface area (Å²) in [5, 5.41) is 16.6. The predicted octanol–water partition coefficient (Wildman–Crippen LogP) is 0.585. The number of aromatic carboxylic acids is 1. The van der Waals surface area contributed by atoms with Crippen LogP contribution in [0.4, 0.5) is 0 Å². The van der Waals surface area contributed by atoms with Gasteiger partial charge >= 0.3 is 5.97 Å². The number of piperidine rings is 1. The molecule has 5 nitrogen and oxygen atoms in total. The number of aromatic nitrogens is 2. The van der Waals surface area contributed by atoms with E-state index in [1.165, 1.54) is 0 Å². The summed E-state index contributed by atoms with van der Waals surface area (Å²) in [6, 6.07) is 0. The summed E-state index contributed by atoms with van der Waals surface area (Å²) in [6.07, 6.45) is 3.68. The van der Waals surface area contributed by atoms with E-state index in [1.54, 1.807) is 17.9 Å². The van der Waals surface area contributed by atoms with Crippen LogP contribution < -0.4 is 5.32 Å². The summed E-state index contributed by atoms with van der Waals surface area (Å²) < 4.78 is 1.58. The summed E-state index contributed by atoms with van der Waals surface area (Å²) >= 11 is 0. The fourth-order valence-corrected chi connectivity index (χ4v) is 2.06. The Morgan fingerprint density at radius 3 is 3.13 bits per heavy atom. The quantitative estimate of drug-likeness (QED) is 0.748. The number of aryl methyl sites for hydroxylation is 1. The van der Waals surface area contributed by atoms with Crippen molar-refractivity contribution in [2.45, 2.75) is 18.8 Å². The van der Waals surface area contributed by atoms with Gasteiger partial charge < -0.3 is 10.4 Å². The first-order valence-electron chi connectivity index (χ1n) is 5.16. The molecule has 2 heterocycles. The zero-order valence-corrected chi connectivity index (χ0v) is 8.73. The van der Waals surface area contributed by atoms with Crippen LogP contribution in [0.1, 0.15) is 34.8 Å². The van der Waals surface area contributed by atoms with Crippen molar-refractivity contribution in [3.8, 4) is 0 Å². The van der Waals surface area contributed by atoms with Crippen molar-refractivity contribution in [1.82, 2.24) is 15.1 Å². The van der Waals surface area contributed by atoms with Gasteiger partial charge in [0.1, 0.15) is 5.56 Å². The van der Waals surface area contributed by atoms with Crippen molar-refractivity contribution in [1.29, 1.82) is 0 Å². The molecule has 15 heavy (non-hydrogen) atoms. The van der Waals surface area contributed by atoms with Crippen LogP contribution in [0, 0.1) is 0 Å². The van der Waals surface area contributed by atoms with E-state index in [4.69, 9.17) is 5.11 Å². The molecule has 0 radical (unpaired) electrons. The van der Waals surface area contributed by atoms with Gasteiger partial charge in [0.25, 0.3) is 0 Å². The molecule has 2 rings (SSSR count). The normalized spacial score (nSPS) is 21.5. The molecular weight excluding hydrogens is 194 g/mol. The smallest absolute Gasteiger partial charge is 0.339 e. The molecule has 0 spiro atoms. The summed E-state index contributed by atoms with van der Waals surface area (Å²) in [5.74, 6) is -0.644. The van der Waals surface area contributed by atoms with E-state index in [0.29, 0.717) is 5.56 Å². The molecule has 0 aliphatic carbocycles. The van der Waals surface area contributed by atoms with Crippen LogP contribution in [0.2, 0.25) is 0 Å². The molecule has 1 atom stereocenters. The Morgan fingerprint density at radius 2 is 2.53 bits per heavy atom. The Hall–Kier alpha value is -1.36. The molecule has 5 heteroatoms. The van der Waals surface area contributed by atoms with Gasteiger partial charge in [0, 0.05) is 25.7 Å². The van der Waals surface area contributed by atoms with Gasteiger partial charge in [-0.2, -0.15) is 5.10 Å². The molecule has 1 aromatic heterocycles. The van der Waals surface area contributed by atoms with E-state index in [2.05, 4.69) is 10.4 Å². The average Bonchev–Trinajstić information content (AvgIpc) is 2.62. The van der Waals surface area contributed by atoms with Gasteiger partial charge in [-0.1, -0.05) is 0 Å². The van der Waals surface area contributed by atoms with Crippen molar-refractivity contribution in [2.24, 2.45) is 7.05 Å². The van der Waals surface area contributed by atoms with Crippen LogP contribution in [-0.2, 0) is 7.05 Å². The van der Waals surface area contributed by atoms with E-state index >= 15 is 0 Å². The average molecular weight is 209 g/mol. The molecule has 2 N–H and O–H groups in total. The van der Waals surface area contributed by atoms with E-state index < -0.39 is 5.97 Å². The third-order valence-corrected chi connectivity index (χ3v) is 2.77. The molecule has 0 aromatic carbocycles. The number of carboxylic acid groups (broad SMARTS) is 1. The third-order valence-electron chi connectivity index (χ3n) is 2.77. The number of nitrogens with one attached hydrogen (secondary N) is 1. The second kappa shape index (κ2) is 4.02. The Kier molecular flexibility index (Phi) is 2.73. The van der Waals surface area contributed by atoms with E-state index in [-0.39, 0.29) is 5.92 Å². The Labute approximate surface area is 88.1 Å². The first-order chi connectivity index (χ1) is 7.18. The SMILES string of the molecule is Cn1cc(C(=O)O)c([C@@H]2CCCNC2)n1. The number of carbonyl (C=O) groups is 1. The number of carboxylic acids is 1. The van der Waals surface area contributed by atoms with E-state index in [9.17, 15) is 4.79 Å². The van der Waals surface area contributed by atoms with Crippen molar-refractivity contribution in [2.75, 3.05) is 13.1 Å². The second-order valence-corrected chi connectivity index (χ2v) is 3.95. The highest BCUT2D eigenvalue weighted by Gasteiger charge is 2.24. The van der Waals surface area contributed by atoms with Crippen molar-refractivity contribution in [3.63, 3.8) is 0 Å². The first kappa shape index (κ1) is 10.2. The summed E-state index contributed by atoms with van der Waals surface area (Å²) in [6.45, 7) is 1.85. The minimum Gasteiger partial charge on any atom is -0.478 e. The van der Waals surface area contributed by atoms with Gasteiger partial charge in [-0.15, -0.1) is 0 Å². The van der Waals surface area contributed by atoms with Crippen LogP contribution >= 0.6 is 0 Å². The van der Waals surface area contributed by atoms with Gasteiger partial charge in [0.05, 0.1) is 5.69 Å². The van der Waals surface area contributed by atoms with Gasteiger partial charge in [0.15, 0.2) is 0 Å². The molecule has 0 unspecified atom stereocenters. The van der Waals surface area contributed by atoms with Gasteiger partial charge in [-0.3, -0.25) is 4.68 Å². The Morgan fingerprint density at radius 1 is 1.73 bits per heavy atom. The maximum atomic E-state index is 11.0. The molecular formula is C10H15N3O2. The highest BCUT2D eigenvalue weighted by atomic mass is 16.4. The lowest BCUT2D eigenvalue weighted by atomic mass is 9.94. The van der Waals surface area contributed by atoms with E-state index in [1.807, 2.05) is 0 Å². The topological polar surface area (TPSA) is 67.2 Å². The molecule has 82 valence electrons. The molecule has 0 amide bonds. The maximum absolute atomic E-state index is 11.0. The molecule has 1 aliphatic rings. The molecule has 0 saturated carbocycles.